The molecule has 0 saturated heterocycles. The van der Waals surface area contributed by atoms with E-state index in [9.17, 15) is 0 Å². The average molecular weight is 359 g/mol. The van der Waals surface area contributed by atoms with Gasteiger partial charge in [0.2, 0.25) is 0 Å². The number of rotatable bonds is 4. The second kappa shape index (κ2) is 27.5. The van der Waals surface area contributed by atoms with Crippen molar-refractivity contribution in [1.82, 2.24) is 0 Å². The third-order valence-corrected chi connectivity index (χ3v) is 1.36. The van der Waals surface area contributed by atoms with Crippen molar-refractivity contribution in [2.24, 2.45) is 10.7 Å². The zero-order chi connectivity index (χ0) is 17.1. The first-order valence-corrected chi connectivity index (χ1v) is 5.71. The number of aliphatic hydroxyl groups is 4. The van der Waals surface area contributed by atoms with Gasteiger partial charge in [-0.1, -0.05) is 0 Å². The van der Waals surface area contributed by atoms with Crippen molar-refractivity contribution in [3.63, 3.8) is 0 Å². The van der Waals surface area contributed by atoms with Gasteiger partial charge in [0.25, 0.3) is 0 Å². The summed E-state index contributed by atoms with van der Waals surface area (Å²) in [5.74, 6) is 0. The molecule has 0 rings (SSSR count). The second-order valence-electron chi connectivity index (χ2n) is 4.02. The minimum Gasteiger partial charge on any atom is -0.444 e. The summed E-state index contributed by atoms with van der Waals surface area (Å²) < 4.78 is 0. The molecule has 0 saturated carbocycles. The molecule has 133 valence electrons. The molecule has 0 aliphatic carbocycles. The van der Waals surface area contributed by atoms with Crippen molar-refractivity contribution in [2.45, 2.75) is 65.0 Å². The van der Waals surface area contributed by atoms with Crippen molar-refractivity contribution in [2.75, 3.05) is 0 Å². The molecule has 0 bridgehead atoms. The van der Waals surface area contributed by atoms with E-state index in [0.29, 0.717) is 12.8 Å². The molecule has 1 radical (unpaired) electrons. The van der Waals surface area contributed by atoms with Gasteiger partial charge in [-0.3, -0.25) is 0 Å². The third-order valence-electron chi connectivity index (χ3n) is 1.36. The molecule has 4 atom stereocenters. The molecule has 4 unspecified atom stereocenters. The Morgan fingerprint density at radius 2 is 0.810 bits per heavy atom. The van der Waals surface area contributed by atoms with Gasteiger partial charge < -0.3 is 40.7 Å². The van der Waals surface area contributed by atoms with Gasteiger partial charge in [0.05, 0.1) is 24.4 Å². The van der Waals surface area contributed by atoms with Gasteiger partial charge in [-0.15, -0.1) is 10.7 Å². The van der Waals surface area contributed by atoms with Crippen molar-refractivity contribution in [3.05, 3.63) is 20.2 Å². The maximum Gasteiger partial charge on any atom is 0.0536 e. The summed E-state index contributed by atoms with van der Waals surface area (Å²) in [6.07, 6.45) is -0.556. The molecule has 0 aromatic carbocycles. The van der Waals surface area contributed by atoms with Gasteiger partial charge in [-0.25, -0.2) is 0 Å². The molecular formula is C10H24CoN2O8-2. The molecule has 0 aliphatic rings. The van der Waals surface area contributed by atoms with E-state index >= 15 is 0 Å². The van der Waals surface area contributed by atoms with Gasteiger partial charge >= 0.3 is 0 Å². The molecule has 0 amide bonds. The van der Waals surface area contributed by atoms with E-state index < -0.39 is 0 Å². The Morgan fingerprint density at radius 3 is 0.810 bits per heavy atom. The van der Waals surface area contributed by atoms with E-state index in [2.05, 4.69) is 0 Å². The van der Waals surface area contributed by atoms with Crippen molar-refractivity contribution in [3.8, 4) is 0 Å². The number of hydrogen-bond donors (Lipinski definition) is 4. The monoisotopic (exact) mass is 359 g/mol. The zero-order valence-electron chi connectivity index (χ0n) is 12.4. The number of nitrogens with zero attached hydrogens (tertiary/aromatic N) is 2. The normalized spacial score (nSPS) is 13.7. The fourth-order valence-electron chi connectivity index (χ4n) is 0.987. The molecule has 0 fully saturated rings. The first-order chi connectivity index (χ1) is 9.08. The van der Waals surface area contributed by atoms with Crippen LogP contribution in [0, 0.1) is 20.2 Å². The van der Waals surface area contributed by atoms with Crippen LogP contribution < -0.4 is 0 Å². The molecule has 0 aromatic heterocycles. The minimum absolute atomic E-state index is 0. The van der Waals surface area contributed by atoms with E-state index in [4.69, 9.17) is 40.7 Å². The van der Waals surface area contributed by atoms with Crippen LogP contribution in [0.25, 0.3) is 0 Å². The number of hydrogen-bond acceptors (Lipinski definition) is 10. The Bertz CT molecular complexity index is 162. The predicted molar refractivity (Wildman–Crippen MR) is 74.3 cm³/mol. The van der Waals surface area contributed by atoms with Crippen molar-refractivity contribution >= 4 is 0 Å². The van der Waals surface area contributed by atoms with Crippen LogP contribution >= 0.6 is 0 Å². The van der Waals surface area contributed by atoms with Crippen LogP contribution in [0.1, 0.15) is 40.5 Å². The standard InChI is InChI=1S/2C5H12O2.Co.2HNO2/c2*1-4(6)3-5(2)7;;2*2-1-3/h2*4-7H,3H2,1-2H3;;2*(H,2,3)/p-2. The summed E-state index contributed by atoms with van der Waals surface area (Å²) in [5, 5.41) is 52.3. The topological polar surface area (TPSA) is 186 Å². The van der Waals surface area contributed by atoms with E-state index in [0.717, 1.165) is 10.7 Å². The molecule has 21 heavy (non-hydrogen) atoms. The first-order valence-electron chi connectivity index (χ1n) is 5.71. The summed E-state index contributed by atoms with van der Waals surface area (Å²) >= 11 is 0. The molecule has 0 aromatic rings. The summed E-state index contributed by atoms with van der Waals surface area (Å²) in [6, 6.07) is 0. The molecule has 0 spiro atoms. The van der Waals surface area contributed by atoms with Crippen molar-refractivity contribution < 1.29 is 37.2 Å². The second-order valence-corrected chi connectivity index (χ2v) is 4.02. The molecule has 0 heterocycles. The van der Waals surface area contributed by atoms with E-state index in [-0.39, 0.29) is 41.2 Å². The maximum absolute atomic E-state index is 8.56. The van der Waals surface area contributed by atoms with Gasteiger partial charge in [0, 0.05) is 16.8 Å². The van der Waals surface area contributed by atoms with Crippen LogP contribution in [-0.2, 0) is 16.8 Å². The van der Waals surface area contributed by atoms with Crippen LogP contribution in [0.2, 0.25) is 0 Å². The molecule has 0 aliphatic heterocycles. The van der Waals surface area contributed by atoms with Gasteiger partial charge in [0.1, 0.15) is 0 Å². The Balaban J connectivity index is -0.0000000576. The van der Waals surface area contributed by atoms with Gasteiger partial charge in [0.15, 0.2) is 0 Å². The van der Waals surface area contributed by atoms with E-state index in [1.165, 1.54) is 0 Å². The SMILES string of the molecule is CC(O)CC(C)O.CC(O)CC(C)O.O=N[O-].O=N[O-].[Co]. The molecular weight excluding hydrogens is 335 g/mol. The molecule has 11 heteroatoms. The number of aliphatic hydroxyl groups excluding tert-OH is 4. The summed E-state index contributed by atoms with van der Waals surface area (Å²) in [7, 11) is 0. The van der Waals surface area contributed by atoms with Crippen LogP contribution in [0.3, 0.4) is 0 Å². The van der Waals surface area contributed by atoms with Crippen molar-refractivity contribution in [1.29, 1.82) is 0 Å². The van der Waals surface area contributed by atoms with Gasteiger partial charge in [-0.2, -0.15) is 0 Å². The van der Waals surface area contributed by atoms with Gasteiger partial charge in [-0.05, 0) is 40.5 Å². The van der Waals surface area contributed by atoms with E-state index in [1.807, 2.05) is 0 Å². The summed E-state index contributed by atoms with van der Waals surface area (Å²) in [6.45, 7) is 6.64. The first kappa shape index (κ1) is 32.2. The minimum atomic E-state index is -0.375. The maximum atomic E-state index is 8.56. The Hall–Kier alpha value is -0.854. The summed E-state index contributed by atoms with van der Waals surface area (Å²) in [4.78, 5) is 16.0. The van der Waals surface area contributed by atoms with Crippen LogP contribution in [-0.4, -0.2) is 44.8 Å². The summed E-state index contributed by atoms with van der Waals surface area (Å²) in [5.41, 5.74) is 0. The largest absolute Gasteiger partial charge is 0.444 e. The Morgan fingerprint density at radius 1 is 0.714 bits per heavy atom. The van der Waals surface area contributed by atoms with Crippen LogP contribution in [0.5, 0.6) is 0 Å². The predicted octanol–water partition coefficient (Wildman–Crippen LogP) is 0.775. The molecule has 10 nitrogen and oxygen atoms in total. The quantitative estimate of drug-likeness (QED) is 0.418. The van der Waals surface area contributed by atoms with Crippen LogP contribution in [0.15, 0.2) is 10.7 Å². The smallest absolute Gasteiger partial charge is 0.0536 e. The Labute approximate surface area is 133 Å². The molecule has 4 N–H and O–H groups in total. The fourth-order valence-corrected chi connectivity index (χ4v) is 0.987. The fraction of sp³-hybridized carbons (Fsp3) is 1.00. The Kier molecular flexibility index (Phi) is 42.1. The zero-order valence-corrected chi connectivity index (χ0v) is 13.4. The van der Waals surface area contributed by atoms with Crippen LogP contribution in [0.4, 0.5) is 0 Å². The third kappa shape index (κ3) is 110. The van der Waals surface area contributed by atoms with E-state index in [1.54, 1.807) is 27.7 Å². The average Bonchev–Trinajstić information content (AvgIpc) is 2.15.